The average Bonchev–Trinajstić information content (AvgIpc) is 2.68. The lowest BCUT2D eigenvalue weighted by molar-refractivity contribution is 0.367. The Morgan fingerprint density at radius 3 is 2.71 bits per heavy atom. The largest absolute Gasteiger partial charge is 0.339 e. The van der Waals surface area contributed by atoms with Crippen LogP contribution >= 0.6 is 11.6 Å². The monoisotopic (exact) mass is 251 g/mol. The van der Waals surface area contributed by atoms with E-state index in [-0.39, 0.29) is 6.04 Å². The van der Waals surface area contributed by atoms with Crippen LogP contribution in [0.5, 0.6) is 0 Å². The summed E-state index contributed by atoms with van der Waals surface area (Å²) in [6.45, 7) is 1.91. The minimum atomic E-state index is 0.0267. The van der Waals surface area contributed by atoms with Gasteiger partial charge in [-0.15, -0.1) is 0 Å². The summed E-state index contributed by atoms with van der Waals surface area (Å²) in [4.78, 5) is 4.28. The van der Waals surface area contributed by atoms with Crippen molar-refractivity contribution >= 4 is 11.6 Å². The molecule has 2 rings (SSSR count). The average molecular weight is 252 g/mol. The van der Waals surface area contributed by atoms with E-state index in [0.29, 0.717) is 24.6 Å². The SMILES string of the molecule is CC(N)Cc1nc(Cc2ccc(Cl)cc2)no1. The molecular formula is C12H14ClN3O. The molecule has 1 unspecified atom stereocenters. The molecule has 0 bridgehead atoms. The van der Waals surface area contributed by atoms with E-state index in [2.05, 4.69) is 10.1 Å². The van der Waals surface area contributed by atoms with Crippen molar-refractivity contribution in [2.75, 3.05) is 0 Å². The zero-order valence-corrected chi connectivity index (χ0v) is 10.3. The van der Waals surface area contributed by atoms with Crippen molar-refractivity contribution in [2.24, 2.45) is 5.73 Å². The van der Waals surface area contributed by atoms with Gasteiger partial charge < -0.3 is 10.3 Å². The molecule has 90 valence electrons. The molecule has 0 aliphatic carbocycles. The van der Waals surface area contributed by atoms with Crippen LogP contribution in [0.4, 0.5) is 0 Å². The van der Waals surface area contributed by atoms with Crippen LogP contribution in [-0.2, 0) is 12.8 Å². The molecule has 0 radical (unpaired) electrons. The molecule has 0 amide bonds. The fourth-order valence-corrected chi connectivity index (χ4v) is 1.63. The highest BCUT2D eigenvalue weighted by atomic mass is 35.5. The van der Waals surface area contributed by atoms with E-state index in [4.69, 9.17) is 21.9 Å². The topological polar surface area (TPSA) is 64.9 Å². The second-order valence-corrected chi connectivity index (χ2v) is 4.53. The minimum Gasteiger partial charge on any atom is -0.339 e. The van der Waals surface area contributed by atoms with Gasteiger partial charge in [-0.25, -0.2) is 0 Å². The van der Waals surface area contributed by atoms with Crippen LogP contribution in [0.15, 0.2) is 28.8 Å². The molecule has 0 aliphatic heterocycles. The molecule has 0 aliphatic rings. The first-order chi connectivity index (χ1) is 8.13. The van der Waals surface area contributed by atoms with Crippen LogP contribution < -0.4 is 5.73 Å². The Morgan fingerprint density at radius 2 is 2.06 bits per heavy atom. The lowest BCUT2D eigenvalue weighted by Crippen LogP contribution is -2.17. The summed E-state index contributed by atoms with van der Waals surface area (Å²) in [5.74, 6) is 1.26. The second kappa shape index (κ2) is 5.29. The Hall–Kier alpha value is -1.39. The van der Waals surface area contributed by atoms with Crippen molar-refractivity contribution in [3.8, 4) is 0 Å². The number of aromatic nitrogens is 2. The number of benzene rings is 1. The lowest BCUT2D eigenvalue weighted by atomic mass is 10.1. The highest BCUT2D eigenvalue weighted by molar-refractivity contribution is 6.30. The Balaban J connectivity index is 2.03. The van der Waals surface area contributed by atoms with Gasteiger partial charge in [0, 0.05) is 23.9 Å². The van der Waals surface area contributed by atoms with E-state index >= 15 is 0 Å². The Morgan fingerprint density at radius 1 is 1.35 bits per heavy atom. The maximum Gasteiger partial charge on any atom is 0.228 e. The van der Waals surface area contributed by atoms with Crippen LogP contribution in [0, 0.1) is 0 Å². The van der Waals surface area contributed by atoms with Gasteiger partial charge in [-0.1, -0.05) is 28.9 Å². The molecule has 0 saturated carbocycles. The molecule has 2 aromatic rings. The number of rotatable bonds is 4. The van der Waals surface area contributed by atoms with Crippen molar-refractivity contribution in [1.82, 2.24) is 10.1 Å². The van der Waals surface area contributed by atoms with Gasteiger partial charge in [-0.3, -0.25) is 0 Å². The summed E-state index contributed by atoms with van der Waals surface area (Å²) in [5.41, 5.74) is 6.76. The number of nitrogens with two attached hydrogens (primary N) is 1. The first kappa shape index (κ1) is 12.1. The zero-order chi connectivity index (χ0) is 12.3. The number of hydrogen-bond donors (Lipinski definition) is 1. The van der Waals surface area contributed by atoms with E-state index in [0.717, 1.165) is 10.6 Å². The summed E-state index contributed by atoms with van der Waals surface area (Å²) in [6, 6.07) is 7.62. The molecular weight excluding hydrogens is 238 g/mol. The van der Waals surface area contributed by atoms with Crippen LogP contribution in [0.1, 0.15) is 24.2 Å². The molecule has 2 N–H and O–H groups in total. The van der Waals surface area contributed by atoms with Crippen molar-refractivity contribution in [3.05, 3.63) is 46.6 Å². The quantitative estimate of drug-likeness (QED) is 0.905. The summed E-state index contributed by atoms with van der Waals surface area (Å²) >= 11 is 5.81. The number of nitrogens with zero attached hydrogens (tertiary/aromatic N) is 2. The highest BCUT2D eigenvalue weighted by Gasteiger charge is 2.08. The molecule has 0 fully saturated rings. The molecule has 0 saturated heterocycles. The Bertz CT molecular complexity index is 479. The normalized spacial score (nSPS) is 12.6. The lowest BCUT2D eigenvalue weighted by Gasteiger charge is -1.97. The molecule has 17 heavy (non-hydrogen) atoms. The fourth-order valence-electron chi connectivity index (χ4n) is 1.51. The van der Waals surface area contributed by atoms with E-state index in [9.17, 15) is 0 Å². The summed E-state index contributed by atoms with van der Waals surface area (Å²) in [5, 5.41) is 4.63. The van der Waals surface area contributed by atoms with Crippen molar-refractivity contribution in [2.45, 2.75) is 25.8 Å². The molecule has 1 aromatic heterocycles. The number of halogens is 1. The Labute approximate surface area is 105 Å². The van der Waals surface area contributed by atoms with Crippen LogP contribution in [0.3, 0.4) is 0 Å². The van der Waals surface area contributed by atoms with Gasteiger partial charge in [0.25, 0.3) is 0 Å². The van der Waals surface area contributed by atoms with Crippen molar-refractivity contribution in [3.63, 3.8) is 0 Å². The van der Waals surface area contributed by atoms with Gasteiger partial charge in [0.2, 0.25) is 5.89 Å². The molecule has 5 heteroatoms. The molecule has 1 aromatic carbocycles. The first-order valence-corrected chi connectivity index (χ1v) is 5.83. The zero-order valence-electron chi connectivity index (χ0n) is 9.56. The van der Waals surface area contributed by atoms with Gasteiger partial charge in [0.15, 0.2) is 5.82 Å². The van der Waals surface area contributed by atoms with Crippen molar-refractivity contribution < 1.29 is 4.52 Å². The summed E-state index contributed by atoms with van der Waals surface area (Å²) < 4.78 is 5.10. The predicted molar refractivity (Wildman–Crippen MR) is 65.9 cm³/mol. The van der Waals surface area contributed by atoms with E-state index < -0.39 is 0 Å². The summed E-state index contributed by atoms with van der Waals surface area (Å²) in [6.07, 6.45) is 1.24. The smallest absolute Gasteiger partial charge is 0.228 e. The molecule has 0 spiro atoms. The van der Waals surface area contributed by atoms with Crippen molar-refractivity contribution in [1.29, 1.82) is 0 Å². The summed E-state index contributed by atoms with van der Waals surface area (Å²) in [7, 11) is 0. The van der Waals surface area contributed by atoms with Gasteiger partial charge in [0.1, 0.15) is 0 Å². The predicted octanol–water partition coefficient (Wildman–Crippen LogP) is 2.20. The van der Waals surface area contributed by atoms with Gasteiger partial charge >= 0.3 is 0 Å². The molecule has 1 heterocycles. The molecule has 1 atom stereocenters. The van der Waals surface area contributed by atoms with E-state index in [1.807, 2.05) is 31.2 Å². The van der Waals surface area contributed by atoms with E-state index in [1.54, 1.807) is 0 Å². The fraction of sp³-hybridized carbons (Fsp3) is 0.333. The third-order valence-corrected chi connectivity index (χ3v) is 2.53. The third-order valence-electron chi connectivity index (χ3n) is 2.28. The maximum absolute atomic E-state index is 5.81. The third kappa shape index (κ3) is 3.54. The van der Waals surface area contributed by atoms with Gasteiger partial charge in [-0.05, 0) is 24.6 Å². The minimum absolute atomic E-state index is 0.0267. The standard InChI is InChI=1S/C12H14ClN3O/c1-8(14)6-12-15-11(16-17-12)7-9-2-4-10(13)5-3-9/h2-5,8H,6-7,14H2,1H3. The van der Waals surface area contributed by atoms with Gasteiger partial charge in [0.05, 0.1) is 0 Å². The van der Waals surface area contributed by atoms with Crippen LogP contribution in [0.25, 0.3) is 0 Å². The first-order valence-electron chi connectivity index (χ1n) is 5.45. The van der Waals surface area contributed by atoms with Gasteiger partial charge in [-0.2, -0.15) is 4.98 Å². The number of hydrogen-bond acceptors (Lipinski definition) is 4. The second-order valence-electron chi connectivity index (χ2n) is 4.09. The molecule has 4 nitrogen and oxygen atoms in total. The Kier molecular flexibility index (Phi) is 3.76. The van der Waals surface area contributed by atoms with Crippen LogP contribution in [-0.4, -0.2) is 16.2 Å². The van der Waals surface area contributed by atoms with E-state index in [1.165, 1.54) is 0 Å². The highest BCUT2D eigenvalue weighted by Crippen LogP contribution is 2.12. The maximum atomic E-state index is 5.81. The van der Waals surface area contributed by atoms with Crippen LogP contribution in [0.2, 0.25) is 5.02 Å².